The molecular weight excluding hydrogens is 523 g/mol. The van der Waals surface area contributed by atoms with Crippen molar-refractivity contribution in [2.75, 3.05) is 33.2 Å². The van der Waals surface area contributed by atoms with Gasteiger partial charge < -0.3 is 20.2 Å². The van der Waals surface area contributed by atoms with Gasteiger partial charge in [0.05, 0.1) is 6.54 Å². The summed E-state index contributed by atoms with van der Waals surface area (Å²) in [6, 6.07) is 6.72. The molecule has 174 valence electrons. The zero-order valence-corrected chi connectivity index (χ0v) is 22.4. The van der Waals surface area contributed by atoms with Gasteiger partial charge in [0.2, 0.25) is 0 Å². The second-order valence-electron chi connectivity index (χ2n) is 8.52. The molecule has 0 saturated carbocycles. The van der Waals surface area contributed by atoms with Crippen LogP contribution in [0, 0.1) is 19.8 Å². The van der Waals surface area contributed by atoms with E-state index in [-0.39, 0.29) is 30.5 Å². The van der Waals surface area contributed by atoms with E-state index in [0.717, 1.165) is 42.7 Å². The summed E-state index contributed by atoms with van der Waals surface area (Å²) >= 11 is 1.84. The van der Waals surface area contributed by atoms with Crippen molar-refractivity contribution < 1.29 is 9.52 Å². The van der Waals surface area contributed by atoms with Crippen molar-refractivity contribution in [2.45, 2.75) is 52.2 Å². The van der Waals surface area contributed by atoms with E-state index < -0.39 is 5.60 Å². The van der Waals surface area contributed by atoms with E-state index in [2.05, 4.69) is 47.0 Å². The van der Waals surface area contributed by atoms with Crippen molar-refractivity contribution in [1.82, 2.24) is 15.5 Å². The molecule has 1 saturated heterocycles. The average molecular weight is 561 g/mol. The lowest BCUT2D eigenvalue weighted by atomic mass is 9.88. The highest BCUT2D eigenvalue weighted by Gasteiger charge is 2.31. The summed E-state index contributed by atoms with van der Waals surface area (Å²) in [5.41, 5.74) is -0.277. The third-order valence-corrected chi connectivity index (χ3v) is 6.83. The highest BCUT2D eigenvalue weighted by molar-refractivity contribution is 14.0. The summed E-state index contributed by atoms with van der Waals surface area (Å²) in [5.74, 6) is 2.81. The molecule has 2 aromatic heterocycles. The highest BCUT2D eigenvalue weighted by atomic mass is 127. The Bertz CT molecular complexity index is 835. The molecule has 6 nitrogen and oxygen atoms in total. The molecule has 3 rings (SSSR count). The van der Waals surface area contributed by atoms with E-state index in [0.29, 0.717) is 12.0 Å². The van der Waals surface area contributed by atoms with E-state index in [1.54, 1.807) is 6.92 Å². The van der Waals surface area contributed by atoms with Crippen molar-refractivity contribution in [3.63, 3.8) is 0 Å². The van der Waals surface area contributed by atoms with Gasteiger partial charge >= 0.3 is 0 Å². The smallest absolute Gasteiger partial charge is 0.191 e. The summed E-state index contributed by atoms with van der Waals surface area (Å²) in [4.78, 5) is 8.60. The lowest BCUT2D eigenvalue weighted by Crippen LogP contribution is -2.45. The highest BCUT2D eigenvalue weighted by Crippen LogP contribution is 2.36. The number of likely N-dealkylation sites (tertiary alicyclic amines) is 1. The van der Waals surface area contributed by atoms with Crippen LogP contribution in [0.15, 0.2) is 33.0 Å². The number of furan rings is 1. The van der Waals surface area contributed by atoms with Crippen LogP contribution in [0.5, 0.6) is 0 Å². The first-order chi connectivity index (χ1) is 14.3. The molecule has 3 atom stereocenters. The lowest BCUT2D eigenvalue weighted by Gasteiger charge is -2.39. The molecule has 1 aliphatic rings. The number of hydrogen-bond donors (Lipinski definition) is 3. The van der Waals surface area contributed by atoms with Crippen molar-refractivity contribution in [1.29, 1.82) is 0 Å². The predicted molar refractivity (Wildman–Crippen MR) is 140 cm³/mol. The lowest BCUT2D eigenvalue weighted by molar-refractivity contribution is 0.0656. The number of hydrogen-bond acceptors (Lipinski definition) is 5. The average Bonchev–Trinajstić information content (AvgIpc) is 3.33. The first-order valence-electron chi connectivity index (χ1n) is 10.9. The Morgan fingerprint density at radius 2 is 2.16 bits per heavy atom. The monoisotopic (exact) mass is 560 g/mol. The predicted octanol–water partition coefficient (Wildman–Crippen LogP) is 4.42. The number of guanidine groups is 1. The first kappa shape index (κ1) is 26.2. The van der Waals surface area contributed by atoms with Crippen LogP contribution >= 0.6 is 35.3 Å². The molecule has 0 bridgehead atoms. The van der Waals surface area contributed by atoms with Crippen LogP contribution in [0.3, 0.4) is 0 Å². The van der Waals surface area contributed by atoms with Gasteiger partial charge in [-0.2, -0.15) is 0 Å². The maximum atomic E-state index is 11.0. The van der Waals surface area contributed by atoms with Crippen LogP contribution in [0.25, 0.3) is 0 Å². The number of piperidine rings is 1. The van der Waals surface area contributed by atoms with Gasteiger partial charge in [0.15, 0.2) is 5.96 Å². The molecule has 0 aliphatic carbocycles. The van der Waals surface area contributed by atoms with Gasteiger partial charge in [0.1, 0.15) is 17.1 Å². The summed E-state index contributed by atoms with van der Waals surface area (Å²) in [6.07, 6.45) is 2.41. The van der Waals surface area contributed by atoms with Gasteiger partial charge in [-0.15, -0.1) is 35.3 Å². The van der Waals surface area contributed by atoms with Gasteiger partial charge in [0.25, 0.3) is 0 Å². The van der Waals surface area contributed by atoms with Gasteiger partial charge in [-0.1, -0.05) is 6.07 Å². The topological polar surface area (TPSA) is 73.0 Å². The normalized spacial score (nSPS) is 21.9. The van der Waals surface area contributed by atoms with Crippen LogP contribution in [-0.4, -0.2) is 49.2 Å². The first-order valence-corrected chi connectivity index (χ1v) is 11.8. The molecule has 3 unspecified atom stereocenters. The molecular formula is C23H37IN4O2S. The minimum atomic E-state index is -1.07. The Morgan fingerprint density at radius 1 is 1.39 bits per heavy atom. The van der Waals surface area contributed by atoms with Crippen molar-refractivity contribution in [3.05, 3.63) is 45.5 Å². The Kier molecular flexibility index (Phi) is 9.85. The fourth-order valence-corrected chi connectivity index (χ4v) is 5.42. The number of aliphatic hydroxyl groups is 1. The molecule has 31 heavy (non-hydrogen) atoms. The number of rotatable bonds is 7. The fraction of sp³-hybridized carbons (Fsp3) is 0.609. The number of thiophene rings is 1. The summed E-state index contributed by atoms with van der Waals surface area (Å²) < 4.78 is 5.60. The largest absolute Gasteiger partial charge is 0.466 e. The molecule has 1 aliphatic heterocycles. The second-order valence-corrected chi connectivity index (χ2v) is 9.50. The third-order valence-electron chi connectivity index (χ3n) is 5.88. The standard InChI is InChI=1S/C23H36N4O2S.HI/c1-6-24-22(26-15-23(4,28)19-13-16(2)29-17(19)3)25-14-18-9-7-11-27(5)21(18)20-10-8-12-30-20;/h8,10,12-13,18,21,28H,6-7,9,11,14-15H2,1-5H3,(H2,24,25,26);1H. The Morgan fingerprint density at radius 3 is 2.77 bits per heavy atom. The minimum Gasteiger partial charge on any atom is -0.466 e. The van der Waals surface area contributed by atoms with Crippen LogP contribution in [0.1, 0.15) is 54.7 Å². The number of aliphatic imine (C=N–C) groups is 1. The summed E-state index contributed by atoms with van der Waals surface area (Å²) in [5, 5.41) is 20.0. The van der Waals surface area contributed by atoms with Gasteiger partial charge in [-0.25, -0.2) is 4.99 Å². The zero-order valence-electron chi connectivity index (χ0n) is 19.3. The molecule has 3 N–H and O–H groups in total. The van der Waals surface area contributed by atoms with Crippen molar-refractivity contribution >= 4 is 41.3 Å². The quantitative estimate of drug-likeness (QED) is 0.266. The third kappa shape index (κ3) is 6.69. The van der Waals surface area contributed by atoms with Crippen LogP contribution in [0.2, 0.25) is 0 Å². The second kappa shape index (κ2) is 11.7. The van der Waals surface area contributed by atoms with E-state index >= 15 is 0 Å². The summed E-state index contributed by atoms with van der Waals surface area (Å²) in [6.45, 7) is 10.7. The fourth-order valence-electron chi connectivity index (χ4n) is 4.44. The minimum absolute atomic E-state index is 0. The molecule has 8 heteroatoms. The van der Waals surface area contributed by atoms with E-state index in [9.17, 15) is 5.11 Å². The van der Waals surface area contributed by atoms with Gasteiger partial charge in [0, 0.05) is 29.6 Å². The van der Waals surface area contributed by atoms with E-state index in [1.807, 2.05) is 31.3 Å². The number of aryl methyl sites for hydroxylation is 2. The summed E-state index contributed by atoms with van der Waals surface area (Å²) in [7, 11) is 2.22. The van der Waals surface area contributed by atoms with Crippen molar-refractivity contribution in [3.8, 4) is 0 Å². The Hall–Kier alpha value is -1.10. The molecule has 2 aromatic rings. The molecule has 0 aromatic carbocycles. The maximum absolute atomic E-state index is 11.0. The molecule has 3 heterocycles. The molecule has 1 fully saturated rings. The van der Waals surface area contributed by atoms with Gasteiger partial charge in [-0.05, 0) is 77.6 Å². The number of nitrogens with one attached hydrogen (secondary N) is 2. The van der Waals surface area contributed by atoms with Crippen molar-refractivity contribution in [2.24, 2.45) is 10.9 Å². The SMILES string of the molecule is CCNC(=NCC(C)(O)c1cc(C)oc1C)NCC1CCCN(C)C1c1cccs1.I. The maximum Gasteiger partial charge on any atom is 0.191 e. The Balaban J connectivity index is 0.00000341. The number of nitrogens with zero attached hydrogens (tertiary/aromatic N) is 2. The molecule has 0 radical (unpaired) electrons. The van der Waals surface area contributed by atoms with Crippen LogP contribution < -0.4 is 10.6 Å². The Labute approximate surface area is 207 Å². The van der Waals surface area contributed by atoms with E-state index in [1.165, 1.54) is 17.7 Å². The van der Waals surface area contributed by atoms with Gasteiger partial charge in [-0.3, -0.25) is 4.90 Å². The molecule has 0 amide bonds. The van der Waals surface area contributed by atoms with E-state index in [4.69, 9.17) is 9.41 Å². The van der Waals surface area contributed by atoms with Crippen LogP contribution in [-0.2, 0) is 5.60 Å². The van der Waals surface area contributed by atoms with Crippen LogP contribution in [0.4, 0.5) is 0 Å². The molecule has 0 spiro atoms. The number of halogens is 1. The zero-order chi connectivity index (χ0) is 21.7.